The lowest BCUT2D eigenvalue weighted by molar-refractivity contribution is 0.309. The zero-order chi connectivity index (χ0) is 12.3. The van der Waals surface area contributed by atoms with Crippen LogP contribution >= 0.6 is 11.3 Å². The van der Waals surface area contributed by atoms with Crippen molar-refractivity contribution in [3.8, 4) is 5.75 Å². The molecule has 0 amide bonds. The minimum Gasteiger partial charge on any atom is -0.487 e. The summed E-state index contributed by atoms with van der Waals surface area (Å²) in [6, 6.07) is 9.69. The predicted molar refractivity (Wildman–Crippen MR) is 70.8 cm³/mol. The Balaban J connectivity index is 2.17. The summed E-state index contributed by atoms with van der Waals surface area (Å²) in [5.74, 6) is 0.700. The molecule has 3 nitrogen and oxygen atoms in total. The molecule has 0 aliphatic heterocycles. The number of thiophene rings is 1. The van der Waals surface area contributed by atoms with E-state index in [0.29, 0.717) is 17.9 Å². The Labute approximate surface area is 104 Å². The SMILES string of the molecule is Cc1ccc(OCc2cccs2)c(C(=N)N)c1. The smallest absolute Gasteiger partial charge is 0.130 e. The van der Waals surface area contributed by atoms with Crippen LogP contribution in [0.1, 0.15) is 16.0 Å². The van der Waals surface area contributed by atoms with Crippen molar-refractivity contribution in [2.75, 3.05) is 0 Å². The number of amidine groups is 1. The van der Waals surface area contributed by atoms with Gasteiger partial charge in [-0.25, -0.2) is 0 Å². The number of ether oxygens (including phenoxy) is 1. The molecule has 4 heteroatoms. The minimum atomic E-state index is 0.0369. The summed E-state index contributed by atoms with van der Waals surface area (Å²) in [7, 11) is 0. The summed E-state index contributed by atoms with van der Waals surface area (Å²) in [4.78, 5) is 1.15. The van der Waals surface area contributed by atoms with Crippen molar-refractivity contribution in [2.24, 2.45) is 5.73 Å². The molecule has 17 heavy (non-hydrogen) atoms. The molecule has 0 aliphatic carbocycles. The van der Waals surface area contributed by atoms with Gasteiger partial charge in [-0.05, 0) is 30.5 Å². The van der Waals surface area contributed by atoms with Crippen LogP contribution in [-0.2, 0) is 6.61 Å². The van der Waals surface area contributed by atoms with Crippen LogP contribution in [0.25, 0.3) is 0 Å². The van der Waals surface area contributed by atoms with E-state index in [1.165, 1.54) is 0 Å². The Morgan fingerprint density at radius 3 is 2.88 bits per heavy atom. The monoisotopic (exact) mass is 246 g/mol. The number of benzene rings is 1. The van der Waals surface area contributed by atoms with Crippen molar-refractivity contribution in [3.05, 3.63) is 51.7 Å². The molecule has 2 aromatic rings. The van der Waals surface area contributed by atoms with Gasteiger partial charge in [-0.1, -0.05) is 17.7 Å². The van der Waals surface area contributed by atoms with Crippen LogP contribution in [0.3, 0.4) is 0 Å². The predicted octanol–water partition coefficient (Wildman–Crippen LogP) is 2.92. The lowest BCUT2D eigenvalue weighted by Crippen LogP contribution is -2.13. The molecule has 1 heterocycles. The molecule has 0 spiro atoms. The molecule has 2 rings (SSSR count). The molecule has 0 saturated carbocycles. The Morgan fingerprint density at radius 1 is 1.41 bits per heavy atom. The highest BCUT2D eigenvalue weighted by molar-refractivity contribution is 7.09. The first kappa shape index (κ1) is 11.7. The van der Waals surface area contributed by atoms with E-state index in [-0.39, 0.29) is 5.84 Å². The quantitative estimate of drug-likeness (QED) is 0.643. The molecular weight excluding hydrogens is 232 g/mol. The van der Waals surface area contributed by atoms with Crippen molar-refractivity contribution < 1.29 is 4.74 Å². The van der Waals surface area contributed by atoms with Gasteiger partial charge in [-0.15, -0.1) is 11.3 Å². The molecule has 88 valence electrons. The topological polar surface area (TPSA) is 59.1 Å². The summed E-state index contributed by atoms with van der Waals surface area (Å²) < 4.78 is 5.69. The summed E-state index contributed by atoms with van der Waals surface area (Å²) in [6.45, 7) is 2.48. The number of hydrogen-bond acceptors (Lipinski definition) is 3. The fourth-order valence-electron chi connectivity index (χ4n) is 1.52. The Kier molecular flexibility index (Phi) is 3.44. The first-order chi connectivity index (χ1) is 8.16. The van der Waals surface area contributed by atoms with Gasteiger partial charge < -0.3 is 10.5 Å². The van der Waals surface area contributed by atoms with Crippen molar-refractivity contribution in [3.63, 3.8) is 0 Å². The summed E-state index contributed by atoms with van der Waals surface area (Å²) in [5.41, 5.74) is 7.26. The van der Waals surface area contributed by atoms with Gasteiger partial charge in [0, 0.05) is 4.88 Å². The lowest BCUT2D eigenvalue weighted by Gasteiger charge is -2.10. The molecule has 3 N–H and O–H groups in total. The van der Waals surface area contributed by atoms with Gasteiger partial charge in [-0.3, -0.25) is 5.41 Å². The van der Waals surface area contributed by atoms with Crippen LogP contribution in [0.4, 0.5) is 0 Å². The molecule has 0 atom stereocenters. The average Bonchev–Trinajstić information content (AvgIpc) is 2.80. The normalized spacial score (nSPS) is 10.2. The fourth-order valence-corrected chi connectivity index (χ4v) is 2.14. The Hall–Kier alpha value is -1.81. The minimum absolute atomic E-state index is 0.0369. The van der Waals surface area contributed by atoms with Crippen molar-refractivity contribution in [2.45, 2.75) is 13.5 Å². The summed E-state index contributed by atoms with van der Waals surface area (Å²) in [5, 5.41) is 9.54. The molecule has 0 unspecified atom stereocenters. The first-order valence-electron chi connectivity index (χ1n) is 5.27. The Morgan fingerprint density at radius 2 is 2.24 bits per heavy atom. The van der Waals surface area contributed by atoms with E-state index in [4.69, 9.17) is 15.9 Å². The maximum atomic E-state index is 7.53. The van der Waals surface area contributed by atoms with Crippen molar-refractivity contribution in [1.29, 1.82) is 5.41 Å². The molecule has 0 fully saturated rings. The van der Waals surface area contributed by atoms with Gasteiger partial charge in [0.25, 0.3) is 0 Å². The fraction of sp³-hybridized carbons (Fsp3) is 0.154. The second-order valence-corrected chi connectivity index (χ2v) is 4.81. The lowest BCUT2D eigenvalue weighted by atomic mass is 10.1. The number of hydrogen-bond donors (Lipinski definition) is 2. The second kappa shape index (κ2) is 5.01. The zero-order valence-electron chi connectivity index (χ0n) is 9.57. The third-order valence-corrected chi connectivity index (χ3v) is 3.23. The largest absolute Gasteiger partial charge is 0.487 e. The van der Waals surface area contributed by atoms with Crippen LogP contribution in [-0.4, -0.2) is 5.84 Å². The van der Waals surface area contributed by atoms with Gasteiger partial charge in [0.1, 0.15) is 18.2 Å². The number of nitrogens with one attached hydrogen (secondary N) is 1. The molecule has 1 aromatic heterocycles. The standard InChI is InChI=1S/C13H14N2OS/c1-9-4-5-12(11(7-9)13(14)15)16-8-10-3-2-6-17-10/h2-7H,8H2,1H3,(H3,14,15). The molecule has 0 aliphatic rings. The van der Waals surface area contributed by atoms with Crippen LogP contribution < -0.4 is 10.5 Å². The number of nitrogen functional groups attached to an aromatic ring is 1. The number of rotatable bonds is 4. The van der Waals surface area contributed by atoms with E-state index in [9.17, 15) is 0 Å². The highest BCUT2D eigenvalue weighted by Gasteiger charge is 2.07. The molecular formula is C13H14N2OS. The first-order valence-corrected chi connectivity index (χ1v) is 6.15. The van der Waals surface area contributed by atoms with E-state index in [0.717, 1.165) is 10.4 Å². The molecule has 0 saturated heterocycles. The van der Waals surface area contributed by atoms with Gasteiger partial charge in [0.05, 0.1) is 5.56 Å². The molecule has 1 aromatic carbocycles. The summed E-state index contributed by atoms with van der Waals surface area (Å²) in [6.07, 6.45) is 0. The van der Waals surface area contributed by atoms with Gasteiger partial charge in [0.2, 0.25) is 0 Å². The van der Waals surface area contributed by atoms with Crippen LogP contribution in [0, 0.1) is 12.3 Å². The van der Waals surface area contributed by atoms with Crippen LogP contribution in [0.15, 0.2) is 35.7 Å². The maximum Gasteiger partial charge on any atom is 0.130 e. The van der Waals surface area contributed by atoms with E-state index in [1.807, 2.05) is 42.6 Å². The highest BCUT2D eigenvalue weighted by Crippen LogP contribution is 2.21. The van der Waals surface area contributed by atoms with E-state index in [1.54, 1.807) is 11.3 Å². The third kappa shape index (κ3) is 2.85. The van der Waals surface area contributed by atoms with Gasteiger partial charge in [0.15, 0.2) is 0 Å². The van der Waals surface area contributed by atoms with Crippen molar-refractivity contribution >= 4 is 17.2 Å². The van der Waals surface area contributed by atoms with Gasteiger partial charge in [-0.2, -0.15) is 0 Å². The summed E-state index contributed by atoms with van der Waals surface area (Å²) >= 11 is 1.65. The highest BCUT2D eigenvalue weighted by atomic mass is 32.1. The third-order valence-electron chi connectivity index (χ3n) is 2.38. The molecule has 0 radical (unpaired) electrons. The van der Waals surface area contributed by atoms with E-state index in [2.05, 4.69) is 0 Å². The average molecular weight is 246 g/mol. The number of nitrogens with two attached hydrogens (primary N) is 1. The van der Waals surface area contributed by atoms with Gasteiger partial charge >= 0.3 is 0 Å². The van der Waals surface area contributed by atoms with Crippen LogP contribution in [0.5, 0.6) is 5.75 Å². The number of aryl methyl sites for hydroxylation is 1. The van der Waals surface area contributed by atoms with Crippen molar-refractivity contribution in [1.82, 2.24) is 0 Å². The molecule has 0 bridgehead atoms. The second-order valence-electron chi connectivity index (χ2n) is 3.78. The maximum absolute atomic E-state index is 7.53. The van der Waals surface area contributed by atoms with E-state index >= 15 is 0 Å². The Bertz CT molecular complexity index is 520. The van der Waals surface area contributed by atoms with E-state index < -0.39 is 0 Å². The zero-order valence-corrected chi connectivity index (χ0v) is 10.4. The van der Waals surface area contributed by atoms with Crippen LogP contribution in [0.2, 0.25) is 0 Å².